The molecule has 3 aromatic carbocycles. The minimum absolute atomic E-state index is 0.0179. The van der Waals surface area contributed by atoms with Crippen molar-refractivity contribution < 1.29 is 27.9 Å². The van der Waals surface area contributed by atoms with Crippen LogP contribution in [0.15, 0.2) is 82.8 Å². The number of phenols is 1. The molecule has 0 saturated heterocycles. The van der Waals surface area contributed by atoms with E-state index >= 15 is 0 Å². The first-order valence-corrected chi connectivity index (χ1v) is 11.8. The average molecular weight is 497 g/mol. The van der Waals surface area contributed by atoms with E-state index in [0.29, 0.717) is 17.0 Å². The van der Waals surface area contributed by atoms with Crippen molar-refractivity contribution in [3.8, 4) is 11.5 Å². The molecule has 0 aliphatic carbocycles. The van der Waals surface area contributed by atoms with E-state index in [1.807, 2.05) is 0 Å². The standard InChI is InChI=1S/C24H24N4O6S/c1-17(29)26-19-7-13-22(14-8-19)35(32,33)28(20-9-11-21(34-2)12-10-20)16-24(31)27-25-15-18-5-3-4-6-23(18)30/h3-15,30H,16H2,1-2H3,(H,26,29)(H,27,31)/b25-15-. The molecular weight excluding hydrogens is 472 g/mol. The maximum absolute atomic E-state index is 13.5. The van der Waals surface area contributed by atoms with Crippen LogP contribution in [0.4, 0.5) is 11.4 Å². The number of amides is 2. The smallest absolute Gasteiger partial charge is 0.264 e. The molecule has 0 unspecified atom stereocenters. The number of anilines is 2. The number of benzene rings is 3. The van der Waals surface area contributed by atoms with Gasteiger partial charge in [0.1, 0.15) is 18.0 Å². The van der Waals surface area contributed by atoms with Crippen molar-refractivity contribution in [1.29, 1.82) is 0 Å². The lowest BCUT2D eigenvalue weighted by atomic mass is 10.2. The van der Waals surface area contributed by atoms with Crippen LogP contribution >= 0.6 is 0 Å². The van der Waals surface area contributed by atoms with Gasteiger partial charge in [-0.2, -0.15) is 5.10 Å². The third-order valence-electron chi connectivity index (χ3n) is 4.74. The molecule has 2 amide bonds. The Morgan fingerprint density at radius 3 is 2.29 bits per heavy atom. The largest absolute Gasteiger partial charge is 0.507 e. The number of hydrogen-bond donors (Lipinski definition) is 3. The highest BCUT2D eigenvalue weighted by atomic mass is 32.2. The molecule has 0 aliphatic heterocycles. The number of hydrazone groups is 1. The van der Waals surface area contributed by atoms with Gasteiger partial charge in [0, 0.05) is 18.2 Å². The van der Waals surface area contributed by atoms with Gasteiger partial charge in [-0.1, -0.05) is 12.1 Å². The summed E-state index contributed by atoms with van der Waals surface area (Å²) in [6.45, 7) is 0.774. The predicted octanol–water partition coefficient (Wildman–Crippen LogP) is 2.70. The molecule has 0 fully saturated rings. The van der Waals surface area contributed by atoms with Gasteiger partial charge in [-0.25, -0.2) is 13.8 Å². The number of para-hydroxylation sites is 1. The second kappa shape index (κ2) is 11.2. The minimum atomic E-state index is -4.17. The fraction of sp³-hybridized carbons (Fsp3) is 0.125. The normalized spacial score (nSPS) is 11.1. The zero-order valence-electron chi connectivity index (χ0n) is 19.0. The number of carbonyl (C=O) groups is 2. The van der Waals surface area contributed by atoms with Crippen LogP contribution < -0.4 is 19.8 Å². The number of rotatable bonds is 9. The third-order valence-corrected chi connectivity index (χ3v) is 6.53. The van der Waals surface area contributed by atoms with Crippen molar-refractivity contribution >= 4 is 39.4 Å². The van der Waals surface area contributed by atoms with E-state index in [1.165, 1.54) is 62.7 Å². The van der Waals surface area contributed by atoms with E-state index in [4.69, 9.17) is 4.74 Å². The quantitative estimate of drug-likeness (QED) is 0.308. The van der Waals surface area contributed by atoms with E-state index in [0.717, 1.165) is 4.31 Å². The highest BCUT2D eigenvalue weighted by Crippen LogP contribution is 2.26. The topological polar surface area (TPSA) is 137 Å². The van der Waals surface area contributed by atoms with Gasteiger partial charge < -0.3 is 15.2 Å². The van der Waals surface area contributed by atoms with Crippen molar-refractivity contribution in [2.45, 2.75) is 11.8 Å². The first-order valence-electron chi connectivity index (χ1n) is 10.3. The Morgan fingerprint density at radius 1 is 1.03 bits per heavy atom. The predicted molar refractivity (Wildman–Crippen MR) is 132 cm³/mol. The summed E-state index contributed by atoms with van der Waals surface area (Å²) in [5.41, 5.74) is 3.32. The van der Waals surface area contributed by atoms with Crippen LogP contribution in [0.25, 0.3) is 0 Å². The molecule has 0 aromatic heterocycles. The number of sulfonamides is 1. The zero-order valence-corrected chi connectivity index (χ0v) is 19.8. The monoisotopic (exact) mass is 496 g/mol. The summed E-state index contributed by atoms with van der Waals surface area (Å²) < 4.78 is 33.0. The fourth-order valence-electron chi connectivity index (χ4n) is 3.04. The Balaban J connectivity index is 1.86. The highest BCUT2D eigenvalue weighted by molar-refractivity contribution is 7.92. The Hall–Kier alpha value is -4.38. The number of aromatic hydroxyl groups is 1. The number of methoxy groups -OCH3 is 1. The zero-order chi connectivity index (χ0) is 25.4. The van der Waals surface area contributed by atoms with Crippen molar-refractivity contribution in [2.24, 2.45) is 5.10 Å². The lowest BCUT2D eigenvalue weighted by molar-refractivity contribution is -0.119. The molecular formula is C24H24N4O6S. The fourth-order valence-corrected chi connectivity index (χ4v) is 4.46. The van der Waals surface area contributed by atoms with Crippen molar-refractivity contribution in [3.05, 3.63) is 78.4 Å². The molecule has 0 aliphatic rings. The van der Waals surface area contributed by atoms with Crippen molar-refractivity contribution in [3.63, 3.8) is 0 Å². The van der Waals surface area contributed by atoms with Gasteiger partial charge >= 0.3 is 0 Å². The third kappa shape index (κ3) is 6.58. The van der Waals surface area contributed by atoms with Gasteiger partial charge in [0.05, 0.1) is 23.9 Å². The van der Waals surface area contributed by atoms with Gasteiger partial charge in [-0.3, -0.25) is 13.9 Å². The van der Waals surface area contributed by atoms with Gasteiger partial charge in [0.15, 0.2) is 0 Å². The van der Waals surface area contributed by atoms with Gasteiger partial charge in [0.2, 0.25) is 5.91 Å². The maximum Gasteiger partial charge on any atom is 0.264 e. The van der Waals surface area contributed by atoms with E-state index < -0.39 is 22.5 Å². The number of nitrogens with one attached hydrogen (secondary N) is 2. The van der Waals surface area contributed by atoms with E-state index in [-0.39, 0.29) is 22.2 Å². The first kappa shape index (κ1) is 25.2. The van der Waals surface area contributed by atoms with Crippen LogP contribution in [0.5, 0.6) is 11.5 Å². The summed E-state index contributed by atoms with van der Waals surface area (Å²) in [7, 11) is -2.69. The number of carbonyl (C=O) groups excluding carboxylic acids is 2. The average Bonchev–Trinajstić information content (AvgIpc) is 2.84. The molecule has 0 saturated carbocycles. The Bertz CT molecular complexity index is 1320. The molecule has 11 heteroatoms. The van der Waals surface area contributed by atoms with Crippen LogP contribution in [0, 0.1) is 0 Å². The van der Waals surface area contributed by atoms with Crippen LogP contribution in [0.2, 0.25) is 0 Å². The summed E-state index contributed by atoms with van der Waals surface area (Å²) in [4.78, 5) is 23.8. The van der Waals surface area contributed by atoms with Gasteiger partial charge in [-0.05, 0) is 60.7 Å². The first-order chi connectivity index (χ1) is 16.7. The molecule has 10 nitrogen and oxygen atoms in total. The molecule has 3 aromatic rings. The van der Waals surface area contributed by atoms with Crippen molar-refractivity contribution in [2.75, 3.05) is 23.3 Å². The van der Waals surface area contributed by atoms with Crippen LogP contribution in [-0.4, -0.2) is 45.2 Å². The maximum atomic E-state index is 13.5. The van der Waals surface area contributed by atoms with Crippen LogP contribution in [-0.2, 0) is 19.6 Å². The minimum Gasteiger partial charge on any atom is -0.507 e. The summed E-state index contributed by atoms with van der Waals surface area (Å²) >= 11 is 0. The van der Waals surface area contributed by atoms with E-state index in [2.05, 4.69) is 15.8 Å². The van der Waals surface area contributed by atoms with Gasteiger partial charge in [0.25, 0.3) is 15.9 Å². The molecule has 3 rings (SSSR count). The highest BCUT2D eigenvalue weighted by Gasteiger charge is 2.27. The number of nitrogens with zero attached hydrogens (tertiary/aromatic N) is 2. The SMILES string of the molecule is COc1ccc(N(CC(=O)N/N=C\c2ccccc2O)S(=O)(=O)c2ccc(NC(C)=O)cc2)cc1. The second-order valence-electron chi connectivity index (χ2n) is 7.27. The lowest BCUT2D eigenvalue weighted by Gasteiger charge is -2.24. The van der Waals surface area contributed by atoms with Crippen LogP contribution in [0.3, 0.4) is 0 Å². The summed E-state index contributed by atoms with van der Waals surface area (Å²) in [6, 6.07) is 18.2. The molecule has 182 valence electrons. The number of phenolic OH excluding ortho intramolecular Hbond substituents is 1. The molecule has 0 atom stereocenters. The van der Waals surface area contributed by atoms with E-state index in [1.54, 1.807) is 30.3 Å². The number of hydrogen-bond acceptors (Lipinski definition) is 7. The molecule has 0 bridgehead atoms. The second-order valence-corrected chi connectivity index (χ2v) is 9.13. The Kier molecular flexibility index (Phi) is 8.05. The summed E-state index contributed by atoms with van der Waals surface area (Å²) in [5.74, 6) is -0.495. The molecule has 0 radical (unpaired) electrons. The molecule has 35 heavy (non-hydrogen) atoms. The Labute approximate surface area is 202 Å². The summed E-state index contributed by atoms with van der Waals surface area (Å²) in [5, 5.41) is 16.2. The molecule has 0 spiro atoms. The molecule has 3 N–H and O–H groups in total. The Morgan fingerprint density at radius 2 is 1.69 bits per heavy atom. The molecule has 0 heterocycles. The number of ether oxygens (including phenoxy) is 1. The van der Waals surface area contributed by atoms with Crippen LogP contribution in [0.1, 0.15) is 12.5 Å². The summed E-state index contributed by atoms with van der Waals surface area (Å²) in [6.07, 6.45) is 1.25. The van der Waals surface area contributed by atoms with Crippen molar-refractivity contribution in [1.82, 2.24) is 5.43 Å². The van der Waals surface area contributed by atoms with Gasteiger partial charge in [-0.15, -0.1) is 0 Å². The van der Waals surface area contributed by atoms with E-state index in [9.17, 15) is 23.1 Å². The lowest BCUT2D eigenvalue weighted by Crippen LogP contribution is -2.39.